The normalized spacial score (nSPS) is 16.1. The molecule has 0 heterocycles. The van der Waals surface area contributed by atoms with Crippen molar-refractivity contribution in [1.82, 2.24) is 4.83 Å². The molecule has 0 radical (unpaired) electrons. The van der Waals surface area contributed by atoms with Crippen LogP contribution in [0.2, 0.25) is 0 Å². The molecule has 0 bridgehead atoms. The molecule has 0 amide bonds. The lowest BCUT2D eigenvalue weighted by molar-refractivity contribution is 0.340. The van der Waals surface area contributed by atoms with Crippen molar-refractivity contribution in [3.05, 3.63) is 59.7 Å². The number of hydrogen-bond donors (Lipinski definition) is 1. The number of benzene rings is 2. The minimum Gasteiger partial charge on any atom is -0.494 e. The van der Waals surface area contributed by atoms with Gasteiger partial charge >= 0.3 is 0 Å². The Kier molecular flexibility index (Phi) is 5.38. The molecule has 0 fully saturated rings. The van der Waals surface area contributed by atoms with Gasteiger partial charge in [0.25, 0.3) is 10.0 Å². The summed E-state index contributed by atoms with van der Waals surface area (Å²) in [7, 11) is -3.70. The summed E-state index contributed by atoms with van der Waals surface area (Å²) in [4.78, 5) is 2.55. The highest BCUT2D eigenvalue weighted by Crippen LogP contribution is 2.21. The van der Waals surface area contributed by atoms with E-state index in [0.29, 0.717) is 12.4 Å². The van der Waals surface area contributed by atoms with Crippen LogP contribution >= 0.6 is 0 Å². The van der Waals surface area contributed by atoms with E-state index in [0.717, 1.165) is 37.0 Å². The van der Waals surface area contributed by atoms with Gasteiger partial charge in [-0.05, 0) is 62.4 Å². The largest absolute Gasteiger partial charge is 0.494 e. The first kappa shape index (κ1) is 17.5. The van der Waals surface area contributed by atoms with Gasteiger partial charge in [-0.1, -0.05) is 24.3 Å². The molecule has 0 aliphatic heterocycles. The fourth-order valence-corrected chi connectivity index (χ4v) is 3.76. The summed E-state index contributed by atoms with van der Waals surface area (Å²) in [6, 6.07) is 14.4. The first-order valence-corrected chi connectivity index (χ1v) is 9.98. The molecule has 0 aromatic heterocycles. The summed E-state index contributed by atoms with van der Waals surface area (Å²) in [5, 5.41) is 4.24. The molecular weight excluding hydrogens is 336 g/mol. The van der Waals surface area contributed by atoms with Gasteiger partial charge in [0.05, 0.1) is 17.2 Å². The Labute approximate surface area is 148 Å². The van der Waals surface area contributed by atoms with Crippen molar-refractivity contribution in [2.75, 3.05) is 6.61 Å². The molecule has 25 heavy (non-hydrogen) atoms. The minimum atomic E-state index is -3.70. The fourth-order valence-electron chi connectivity index (χ4n) is 2.93. The monoisotopic (exact) mass is 358 g/mol. The van der Waals surface area contributed by atoms with Gasteiger partial charge in [-0.25, -0.2) is 0 Å². The molecule has 1 aliphatic carbocycles. The lowest BCUT2D eigenvalue weighted by atomic mass is 10.0. The fraction of sp³-hybridized carbons (Fsp3) is 0.316. The van der Waals surface area contributed by atoms with Crippen LogP contribution in [-0.2, 0) is 16.4 Å². The van der Waals surface area contributed by atoms with Gasteiger partial charge < -0.3 is 4.74 Å². The van der Waals surface area contributed by atoms with Gasteiger partial charge in [-0.3, -0.25) is 0 Å². The molecule has 132 valence electrons. The van der Waals surface area contributed by atoms with E-state index in [1.165, 1.54) is 17.7 Å². The molecule has 1 aliphatic rings. The molecule has 3 rings (SSSR count). The first-order valence-electron chi connectivity index (χ1n) is 8.49. The van der Waals surface area contributed by atoms with Crippen molar-refractivity contribution in [1.29, 1.82) is 0 Å². The molecule has 2 aromatic rings. The number of hydrogen-bond acceptors (Lipinski definition) is 4. The van der Waals surface area contributed by atoms with Crippen molar-refractivity contribution in [2.24, 2.45) is 5.10 Å². The highest BCUT2D eigenvalue weighted by atomic mass is 32.2. The van der Waals surface area contributed by atoms with Crippen LogP contribution in [0.3, 0.4) is 0 Å². The van der Waals surface area contributed by atoms with Crippen molar-refractivity contribution in [2.45, 2.75) is 37.5 Å². The number of rotatable bonds is 5. The summed E-state index contributed by atoms with van der Waals surface area (Å²) >= 11 is 0. The van der Waals surface area contributed by atoms with Crippen molar-refractivity contribution in [3.8, 4) is 5.75 Å². The van der Waals surface area contributed by atoms with E-state index >= 15 is 0 Å². The third kappa shape index (κ3) is 4.20. The lowest BCUT2D eigenvalue weighted by Crippen LogP contribution is -2.20. The van der Waals surface area contributed by atoms with Crippen LogP contribution in [0.25, 0.3) is 0 Å². The number of nitrogens with one attached hydrogen (secondary N) is 1. The predicted molar refractivity (Wildman–Crippen MR) is 98.5 cm³/mol. The Balaban J connectivity index is 1.82. The summed E-state index contributed by atoms with van der Waals surface area (Å²) in [6.07, 6.45) is 3.85. The second-order valence-electron chi connectivity index (χ2n) is 5.92. The van der Waals surface area contributed by atoms with Gasteiger partial charge in [-0.15, -0.1) is 0 Å². The molecule has 0 unspecified atom stereocenters. The van der Waals surface area contributed by atoms with E-state index in [1.807, 2.05) is 25.1 Å². The van der Waals surface area contributed by atoms with Crippen LogP contribution in [0.15, 0.2) is 58.5 Å². The highest BCUT2D eigenvalue weighted by molar-refractivity contribution is 7.89. The SMILES string of the molecule is CCOc1ccc(S(=O)(=O)N/N=C2\CCCCc3ccccc32)cc1. The van der Waals surface area contributed by atoms with Crippen molar-refractivity contribution < 1.29 is 13.2 Å². The second kappa shape index (κ2) is 7.70. The molecule has 0 spiro atoms. The average Bonchev–Trinajstić information content (AvgIpc) is 2.83. The Morgan fingerprint density at radius 1 is 1.04 bits per heavy atom. The Morgan fingerprint density at radius 3 is 2.52 bits per heavy atom. The van der Waals surface area contributed by atoms with Gasteiger partial charge in [0, 0.05) is 5.56 Å². The molecule has 0 atom stereocenters. The Morgan fingerprint density at radius 2 is 1.76 bits per heavy atom. The summed E-state index contributed by atoms with van der Waals surface area (Å²) in [5.41, 5.74) is 3.05. The van der Waals surface area contributed by atoms with Gasteiger partial charge in [0.1, 0.15) is 5.75 Å². The van der Waals surface area contributed by atoms with E-state index < -0.39 is 10.0 Å². The molecule has 2 aromatic carbocycles. The highest BCUT2D eigenvalue weighted by Gasteiger charge is 2.16. The van der Waals surface area contributed by atoms with Gasteiger partial charge in [-0.2, -0.15) is 18.4 Å². The lowest BCUT2D eigenvalue weighted by Gasteiger charge is -2.09. The van der Waals surface area contributed by atoms with E-state index in [-0.39, 0.29) is 4.90 Å². The zero-order valence-corrected chi connectivity index (χ0v) is 15.1. The maximum atomic E-state index is 12.5. The molecule has 0 saturated carbocycles. The van der Waals surface area contributed by atoms with Crippen LogP contribution in [0.4, 0.5) is 0 Å². The summed E-state index contributed by atoms with van der Waals surface area (Å²) < 4.78 is 30.3. The number of aryl methyl sites for hydroxylation is 1. The quantitative estimate of drug-likeness (QED) is 0.657. The number of nitrogens with zero attached hydrogens (tertiary/aromatic N) is 1. The third-order valence-corrected chi connectivity index (χ3v) is 5.41. The van der Waals surface area contributed by atoms with E-state index in [9.17, 15) is 8.42 Å². The number of hydrazone groups is 1. The van der Waals surface area contributed by atoms with Crippen LogP contribution in [0.1, 0.15) is 37.3 Å². The zero-order valence-electron chi connectivity index (χ0n) is 14.2. The maximum absolute atomic E-state index is 12.5. The zero-order chi connectivity index (χ0) is 17.7. The maximum Gasteiger partial charge on any atom is 0.276 e. The van der Waals surface area contributed by atoms with Crippen LogP contribution in [-0.4, -0.2) is 20.7 Å². The molecule has 6 heteroatoms. The van der Waals surface area contributed by atoms with Crippen LogP contribution in [0.5, 0.6) is 5.75 Å². The average molecular weight is 358 g/mol. The number of fused-ring (bicyclic) bond motifs is 1. The van der Waals surface area contributed by atoms with Crippen LogP contribution < -0.4 is 9.57 Å². The smallest absolute Gasteiger partial charge is 0.276 e. The summed E-state index contributed by atoms with van der Waals surface area (Å²) in [6.45, 7) is 2.42. The van der Waals surface area contributed by atoms with E-state index in [1.54, 1.807) is 12.1 Å². The second-order valence-corrected chi connectivity index (χ2v) is 7.58. The van der Waals surface area contributed by atoms with Gasteiger partial charge in [0.15, 0.2) is 0 Å². The number of ether oxygens (including phenoxy) is 1. The Bertz CT molecular complexity index is 858. The molecule has 0 saturated heterocycles. The predicted octanol–water partition coefficient (Wildman–Crippen LogP) is 3.49. The Hall–Kier alpha value is -2.34. The van der Waals surface area contributed by atoms with Crippen molar-refractivity contribution >= 4 is 15.7 Å². The standard InChI is InChI=1S/C19H22N2O3S/c1-2-24-16-11-13-17(14-12-16)25(22,23)21-20-19-10-6-4-8-15-7-3-5-9-18(15)19/h3,5,7,9,11-14,21H,2,4,6,8,10H2,1H3/b20-19+. The van der Waals surface area contributed by atoms with Crippen molar-refractivity contribution in [3.63, 3.8) is 0 Å². The van der Waals surface area contributed by atoms with E-state index in [4.69, 9.17) is 4.74 Å². The van der Waals surface area contributed by atoms with Crippen LogP contribution in [0, 0.1) is 0 Å². The molecule has 5 nitrogen and oxygen atoms in total. The molecule has 1 N–H and O–H groups in total. The topological polar surface area (TPSA) is 67.8 Å². The summed E-state index contributed by atoms with van der Waals surface area (Å²) in [5.74, 6) is 0.644. The minimum absolute atomic E-state index is 0.169. The third-order valence-electron chi connectivity index (χ3n) is 4.18. The van der Waals surface area contributed by atoms with E-state index in [2.05, 4.69) is 16.0 Å². The van der Waals surface area contributed by atoms with Gasteiger partial charge in [0.2, 0.25) is 0 Å². The molecular formula is C19H22N2O3S. The number of sulfonamides is 1. The first-order chi connectivity index (χ1) is 12.1.